The minimum atomic E-state index is -0.189. The molecule has 0 fully saturated rings. The molecule has 3 heteroatoms. The molecule has 0 amide bonds. The first kappa shape index (κ1) is 12.0. The Morgan fingerprint density at radius 3 is 2.60 bits per heavy atom. The summed E-state index contributed by atoms with van der Waals surface area (Å²) in [4.78, 5) is 0. The van der Waals surface area contributed by atoms with E-state index < -0.39 is 0 Å². The van der Waals surface area contributed by atoms with E-state index >= 15 is 0 Å². The third kappa shape index (κ3) is 3.51. The molecule has 0 saturated carbocycles. The molecule has 0 spiro atoms. The molecule has 1 aromatic rings. The highest BCUT2D eigenvalue weighted by atomic mass is 19.1. The number of benzene rings is 1. The Kier molecular flexibility index (Phi) is 4.56. The van der Waals surface area contributed by atoms with Gasteiger partial charge < -0.3 is 10.6 Å². The van der Waals surface area contributed by atoms with Crippen molar-refractivity contribution in [2.75, 3.05) is 25.5 Å². The van der Waals surface area contributed by atoms with Crippen molar-refractivity contribution in [2.45, 2.75) is 19.8 Å². The van der Waals surface area contributed by atoms with Gasteiger partial charge in [0.1, 0.15) is 5.82 Å². The van der Waals surface area contributed by atoms with E-state index in [0.29, 0.717) is 5.92 Å². The summed E-state index contributed by atoms with van der Waals surface area (Å²) in [5.74, 6) is 0.217. The first-order valence-corrected chi connectivity index (χ1v) is 5.33. The van der Waals surface area contributed by atoms with Crippen molar-refractivity contribution in [3.8, 4) is 0 Å². The van der Waals surface area contributed by atoms with Gasteiger partial charge in [-0.2, -0.15) is 0 Å². The zero-order valence-corrected chi connectivity index (χ0v) is 9.60. The van der Waals surface area contributed by atoms with Gasteiger partial charge >= 0.3 is 0 Å². The van der Waals surface area contributed by atoms with Crippen LogP contribution in [0.25, 0.3) is 0 Å². The standard InChI is InChI=1S/C12H19FN2/c1-9(2)11-5-4-10(13)8-12(11)15-7-6-14-3/h4-5,8-9,14-15H,6-7H2,1-3H3. The van der Waals surface area contributed by atoms with Gasteiger partial charge in [0.15, 0.2) is 0 Å². The van der Waals surface area contributed by atoms with Crippen LogP contribution in [0.4, 0.5) is 10.1 Å². The lowest BCUT2D eigenvalue weighted by Crippen LogP contribution is -2.18. The molecule has 0 unspecified atom stereocenters. The van der Waals surface area contributed by atoms with Crippen molar-refractivity contribution in [3.05, 3.63) is 29.6 Å². The lowest BCUT2D eigenvalue weighted by molar-refractivity contribution is 0.626. The molecule has 0 saturated heterocycles. The van der Waals surface area contributed by atoms with Gasteiger partial charge in [0.05, 0.1) is 0 Å². The van der Waals surface area contributed by atoms with Gasteiger partial charge in [-0.05, 0) is 30.7 Å². The molecule has 0 aliphatic rings. The molecule has 0 aliphatic carbocycles. The molecule has 15 heavy (non-hydrogen) atoms. The van der Waals surface area contributed by atoms with Crippen LogP contribution in [0.1, 0.15) is 25.3 Å². The number of halogens is 1. The van der Waals surface area contributed by atoms with Gasteiger partial charge in [-0.15, -0.1) is 0 Å². The fourth-order valence-corrected chi connectivity index (χ4v) is 1.51. The van der Waals surface area contributed by atoms with Crippen molar-refractivity contribution in [2.24, 2.45) is 0 Å². The normalized spacial score (nSPS) is 10.7. The predicted molar refractivity (Wildman–Crippen MR) is 62.9 cm³/mol. The van der Waals surface area contributed by atoms with Gasteiger partial charge in [0.25, 0.3) is 0 Å². The Labute approximate surface area is 90.9 Å². The lowest BCUT2D eigenvalue weighted by Gasteiger charge is -2.14. The molecule has 0 aromatic heterocycles. The summed E-state index contributed by atoms with van der Waals surface area (Å²) >= 11 is 0. The molecular formula is C12H19FN2. The second-order valence-electron chi connectivity index (χ2n) is 3.92. The molecule has 0 bridgehead atoms. The molecule has 1 rings (SSSR count). The van der Waals surface area contributed by atoms with E-state index in [1.165, 1.54) is 6.07 Å². The maximum atomic E-state index is 13.1. The van der Waals surface area contributed by atoms with Crippen LogP contribution in [-0.4, -0.2) is 20.1 Å². The Morgan fingerprint density at radius 2 is 2.00 bits per heavy atom. The highest BCUT2D eigenvalue weighted by Crippen LogP contribution is 2.24. The second kappa shape index (κ2) is 5.71. The van der Waals surface area contributed by atoms with Crippen molar-refractivity contribution in [1.29, 1.82) is 0 Å². The number of rotatable bonds is 5. The summed E-state index contributed by atoms with van der Waals surface area (Å²) in [5, 5.41) is 6.28. The van der Waals surface area contributed by atoms with Crippen molar-refractivity contribution in [3.63, 3.8) is 0 Å². The zero-order valence-electron chi connectivity index (χ0n) is 9.60. The van der Waals surface area contributed by atoms with E-state index in [1.54, 1.807) is 6.07 Å². The third-order valence-electron chi connectivity index (χ3n) is 2.33. The summed E-state index contributed by atoms with van der Waals surface area (Å²) in [5.41, 5.74) is 2.06. The third-order valence-corrected chi connectivity index (χ3v) is 2.33. The largest absolute Gasteiger partial charge is 0.383 e. The first-order valence-electron chi connectivity index (χ1n) is 5.33. The average molecular weight is 210 g/mol. The number of hydrogen-bond donors (Lipinski definition) is 2. The molecule has 1 aromatic carbocycles. The van der Waals surface area contributed by atoms with Crippen LogP contribution in [0.3, 0.4) is 0 Å². The monoisotopic (exact) mass is 210 g/mol. The number of hydrogen-bond acceptors (Lipinski definition) is 2. The second-order valence-corrected chi connectivity index (χ2v) is 3.92. The first-order chi connectivity index (χ1) is 7.15. The number of anilines is 1. The summed E-state index contributed by atoms with van der Waals surface area (Å²) in [6, 6.07) is 4.92. The summed E-state index contributed by atoms with van der Waals surface area (Å²) in [6.07, 6.45) is 0. The quantitative estimate of drug-likeness (QED) is 0.730. The smallest absolute Gasteiger partial charge is 0.125 e. The molecule has 84 valence electrons. The fraction of sp³-hybridized carbons (Fsp3) is 0.500. The Morgan fingerprint density at radius 1 is 1.27 bits per heavy atom. The zero-order chi connectivity index (χ0) is 11.3. The Hall–Kier alpha value is -1.09. The van der Waals surface area contributed by atoms with E-state index in [-0.39, 0.29) is 5.82 Å². The van der Waals surface area contributed by atoms with Crippen LogP contribution in [-0.2, 0) is 0 Å². The maximum Gasteiger partial charge on any atom is 0.125 e. The van der Waals surface area contributed by atoms with Gasteiger partial charge in [-0.25, -0.2) is 4.39 Å². The van der Waals surface area contributed by atoms with Crippen LogP contribution in [0.15, 0.2) is 18.2 Å². The highest BCUT2D eigenvalue weighted by Gasteiger charge is 2.06. The van der Waals surface area contributed by atoms with Gasteiger partial charge in [0, 0.05) is 18.8 Å². The van der Waals surface area contributed by atoms with Crippen LogP contribution >= 0.6 is 0 Å². The molecular weight excluding hydrogens is 191 g/mol. The van der Waals surface area contributed by atoms with Crippen molar-refractivity contribution < 1.29 is 4.39 Å². The van der Waals surface area contributed by atoms with E-state index in [4.69, 9.17) is 0 Å². The van der Waals surface area contributed by atoms with E-state index in [0.717, 1.165) is 24.3 Å². The van der Waals surface area contributed by atoms with Gasteiger partial charge in [0.2, 0.25) is 0 Å². The highest BCUT2D eigenvalue weighted by molar-refractivity contribution is 5.52. The van der Waals surface area contributed by atoms with Crippen LogP contribution in [0.2, 0.25) is 0 Å². The number of likely N-dealkylation sites (N-methyl/N-ethyl adjacent to an activating group) is 1. The molecule has 2 nitrogen and oxygen atoms in total. The van der Waals surface area contributed by atoms with Gasteiger partial charge in [-0.3, -0.25) is 0 Å². The molecule has 0 radical (unpaired) electrons. The van der Waals surface area contributed by atoms with Crippen molar-refractivity contribution in [1.82, 2.24) is 5.32 Å². The van der Waals surface area contributed by atoms with E-state index in [9.17, 15) is 4.39 Å². The average Bonchev–Trinajstić information content (AvgIpc) is 2.18. The predicted octanol–water partition coefficient (Wildman–Crippen LogP) is 2.58. The molecule has 0 atom stereocenters. The topological polar surface area (TPSA) is 24.1 Å². The van der Waals surface area contributed by atoms with Gasteiger partial charge in [-0.1, -0.05) is 19.9 Å². The van der Waals surface area contributed by atoms with Crippen molar-refractivity contribution >= 4 is 5.69 Å². The number of nitrogens with one attached hydrogen (secondary N) is 2. The molecule has 0 heterocycles. The van der Waals surface area contributed by atoms with Crippen LogP contribution in [0, 0.1) is 5.82 Å². The fourth-order valence-electron chi connectivity index (χ4n) is 1.51. The summed E-state index contributed by atoms with van der Waals surface area (Å²) in [7, 11) is 1.90. The van der Waals surface area contributed by atoms with Crippen LogP contribution < -0.4 is 10.6 Å². The Balaban J connectivity index is 2.77. The maximum absolute atomic E-state index is 13.1. The summed E-state index contributed by atoms with van der Waals surface area (Å²) < 4.78 is 13.1. The summed E-state index contributed by atoms with van der Waals surface area (Å²) in [6.45, 7) is 5.89. The minimum absolute atomic E-state index is 0.189. The molecule has 2 N–H and O–H groups in total. The lowest BCUT2D eigenvalue weighted by atomic mass is 10.0. The molecule has 0 aliphatic heterocycles. The van der Waals surface area contributed by atoms with E-state index in [1.807, 2.05) is 13.1 Å². The Bertz CT molecular complexity index is 310. The minimum Gasteiger partial charge on any atom is -0.383 e. The SMILES string of the molecule is CNCCNc1cc(F)ccc1C(C)C. The van der Waals surface area contributed by atoms with Crippen LogP contribution in [0.5, 0.6) is 0 Å². The van der Waals surface area contributed by atoms with E-state index in [2.05, 4.69) is 24.5 Å².